The Morgan fingerprint density at radius 2 is 1.66 bits per heavy atom. The Bertz CT molecular complexity index is 1340. The molecule has 0 radical (unpaired) electrons. The van der Waals surface area contributed by atoms with Crippen molar-refractivity contribution < 1.29 is 35.9 Å². The predicted octanol–water partition coefficient (Wildman–Crippen LogP) is 5.22. The lowest BCUT2D eigenvalue weighted by Gasteiger charge is -2.25. The van der Waals surface area contributed by atoms with Crippen LogP contribution >= 0.6 is 11.8 Å². The van der Waals surface area contributed by atoms with Crippen LogP contribution in [0.2, 0.25) is 0 Å². The van der Waals surface area contributed by atoms with Gasteiger partial charge >= 0.3 is 6.18 Å². The highest BCUT2D eigenvalue weighted by molar-refractivity contribution is 7.99. The summed E-state index contributed by atoms with van der Waals surface area (Å²) in [6.45, 7) is -0.449. The summed E-state index contributed by atoms with van der Waals surface area (Å²) in [6.07, 6.45) is -4.09. The van der Waals surface area contributed by atoms with E-state index in [4.69, 9.17) is 9.47 Å². The van der Waals surface area contributed by atoms with Gasteiger partial charge in [-0.2, -0.15) is 13.2 Å². The summed E-state index contributed by atoms with van der Waals surface area (Å²) in [6, 6.07) is 17.3. The van der Waals surface area contributed by atoms with E-state index in [2.05, 4.69) is 5.32 Å². The molecule has 0 aliphatic heterocycles. The molecule has 0 unspecified atom stereocenters. The molecule has 0 aliphatic carbocycles. The van der Waals surface area contributed by atoms with Crippen LogP contribution in [0.25, 0.3) is 0 Å². The molecule has 0 saturated heterocycles. The molecular weight excluding hydrogens is 541 g/mol. The van der Waals surface area contributed by atoms with Gasteiger partial charge in [0.2, 0.25) is 5.91 Å². The first-order valence-electron chi connectivity index (χ1n) is 11.4. The molecule has 3 aromatic carbocycles. The van der Waals surface area contributed by atoms with Crippen molar-refractivity contribution in [3.05, 3.63) is 78.4 Å². The van der Waals surface area contributed by atoms with Crippen LogP contribution in [0.4, 0.5) is 18.9 Å². The molecule has 0 aliphatic rings. The summed E-state index contributed by atoms with van der Waals surface area (Å²) in [5.74, 6) is 0.434. The minimum absolute atomic E-state index is 0.109. The third-order valence-corrected chi connectivity index (χ3v) is 8.22. The van der Waals surface area contributed by atoms with E-state index in [1.807, 2.05) is 30.3 Å². The lowest BCUT2D eigenvalue weighted by molar-refractivity contribution is -0.137. The molecule has 0 fully saturated rings. The lowest BCUT2D eigenvalue weighted by Crippen LogP contribution is -2.41. The number of carbonyl (C=O) groups excluding carboxylic acids is 1. The van der Waals surface area contributed by atoms with Gasteiger partial charge < -0.3 is 14.8 Å². The van der Waals surface area contributed by atoms with Crippen LogP contribution in [0, 0.1) is 0 Å². The zero-order chi connectivity index (χ0) is 27.8. The van der Waals surface area contributed by atoms with E-state index in [1.54, 1.807) is 11.8 Å². The summed E-state index contributed by atoms with van der Waals surface area (Å²) in [7, 11) is -1.77. The van der Waals surface area contributed by atoms with Gasteiger partial charge in [-0.1, -0.05) is 24.3 Å². The van der Waals surface area contributed by atoms with Crippen LogP contribution in [0.1, 0.15) is 12.0 Å². The molecular formula is C26H27F3N2O5S2. The van der Waals surface area contributed by atoms with E-state index in [-0.39, 0.29) is 28.6 Å². The number of rotatable bonds is 12. The fraction of sp³-hybridized carbons (Fsp3) is 0.269. The van der Waals surface area contributed by atoms with Gasteiger partial charge in [0.15, 0.2) is 11.5 Å². The quantitative estimate of drug-likeness (QED) is 0.238. The Morgan fingerprint density at radius 1 is 0.947 bits per heavy atom. The fourth-order valence-corrected chi connectivity index (χ4v) is 5.75. The van der Waals surface area contributed by atoms with Gasteiger partial charge in [-0.05, 0) is 54.6 Å². The Labute approximate surface area is 224 Å². The highest BCUT2D eigenvalue weighted by atomic mass is 32.2. The SMILES string of the molecule is COc1ccc(S(=O)(=O)N(CC(=O)NCCCSc2ccccc2)c2cccc(C(F)(F)F)c2)cc1OC. The van der Waals surface area contributed by atoms with Gasteiger partial charge in [-0.25, -0.2) is 8.42 Å². The molecule has 0 atom stereocenters. The number of hydrogen-bond donors (Lipinski definition) is 1. The van der Waals surface area contributed by atoms with Crippen LogP contribution in [0.5, 0.6) is 11.5 Å². The molecule has 3 aromatic rings. The second-order valence-corrected chi connectivity index (χ2v) is 11.0. The number of nitrogens with one attached hydrogen (secondary N) is 1. The summed E-state index contributed by atoms with van der Waals surface area (Å²) in [4.78, 5) is 13.6. The van der Waals surface area contributed by atoms with E-state index in [1.165, 1.54) is 38.5 Å². The molecule has 0 saturated carbocycles. The molecule has 0 aromatic heterocycles. The van der Waals surface area contributed by atoms with Gasteiger partial charge in [0, 0.05) is 17.5 Å². The maximum absolute atomic E-state index is 13.6. The number of alkyl halides is 3. The van der Waals surface area contributed by atoms with Crippen molar-refractivity contribution in [2.75, 3.05) is 37.4 Å². The highest BCUT2D eigenvalue weighted by Crippen LogP contribution is 2.35. The first kappa shape index (κ1) is 29.2. The van der Waals surface area contributed by atoms with E-state index < -0.39 is 34.2 Å². The van der Waals surface area contributed by atoms with Crippen LogP contribution in [-0.4, -0.2) is 47.4 Å². The smallest absolute Gasteiger partial charge is 0.416 e. The molecule has 3 rings (SSSR count). The normalized spacial score (nSPS) is 11.6. The number of nitrogens with zero attached hydrogens (tertiary/aromatic N) is 1. The summed E-state index contributed by atoms with van der Waals surface area (Å²) in [5.41, 5.74) is -1.34. The predicted molar refractivity (Wildman–Crippen MR) is 140 cm³/mol. The van der Waals surface area contributed by atoms with Crippen LogP contribution in [0.3, 0.4) is 0 Å². The molecule has 0 bridgehead atoms. The number of hydrogen-bond acceptors (Lipinski definition) is 6. The van der Waals surface area contributed by atoms with Crippen molar-refractivity contribution in [1.29, 1.82) is 0 Å². The van der Waals surface area contributed by atoms with E-state index in [9.17, 15) is 26.4 Å². The number of sulfonamides is 1. The van der Waals surface area contributed by atoms with E-state index in [0.717, 1.165) is 17.0 Å². The van der Waals surface area contributed by atoms with Crippen molar-refractivity contribution in [1.82, 2.24) is 5.32 Å². The Balaban J connectivity index is 1.81. The molecule has 12 heteroatoms. The minimum Gasteiger partial charge on any atom is -0.493 e. The zero-order valence-electron chi connectivity index (χ0n) is 20.7. The first-order chi connectivity index (χ1) is 18.1. The van der Waals surface area contributed by atoms with E-state index >= 15 is 0 Å². The summed E-state index contributed by atoms with van der Waals surface area (Å²) < 4.78 is 78.3. The number of benzene rings is 3. The van der Waals surface area contributed by atoms with Gasteiger partial charge in [0.1, 0.15) is 6.54 Å². The average Bonchev–Trinajstić information content (AvgIpc) is 2.91. The van der Waals surface area contributed by atoms with Gasteiger partial charge in [-0.3, -0.25) is 9.10 Å². The van der Waals surface area contributed by atoms with Crippen LogP contribution < -0.4 is 19.1 Å². The third kappa shape index (κ3) is 7.57. The van der Waals surface area contributed by atoms with Gasteiger partial charge in [-0.15, -0.1) is 11.8 Å². The largest absolute Gasteiger partial charge is 0.493 e. The van der Waals surface area contributed by atoms with Crippen molar-refractivity contribution in [2.45, 2.75) is 22.4 Å². The number of ether oxygens (including phenoxy) is 2. The maximum atomic E-state index is 13.6. The van der Waals surface area contributed by atoms with Crippen molar-refractivity contribution in [2.24, 2.45) is 0 Å². The molecule has 7 nitrogen and oxygen atoms in total. The number of halogens is 3. The fourth-order valence-electron chi connectivity index (χ4n) is 3.45. The standard InChI is InChI=1S/C26H27F3N2O5S2/c1-35-23-13-12-22(17-24(23)36-2)38(33,34)31(20-9-6-8-19(16-20)26(27,28)29)18-25(32)30-14-7-15-37-21-10-4-3-5-11-21/h3-6,8-13,16-17H,7,14-15,18H2,1-2H3,(H,30,32). The molecule has 38 heavy (non-hydrogen) atoms. The highest BCUT2D eigenvalue weighted by Gasteiger charge is 2.33. The van der Waals surface area contributed by atoms with Crippen LogP contribution in [-0.2, 0) is 21.0 Å². The number of thioether (sulfide) groups is 1. The second kappa shape index (κ2) is 12.9. The number of anilines is 1. The van der Waals surface area contributed by atoms with Gasteiger partial charge in [0.05, 0.1) is 30.4 Å². The summed E-state index contributed by atoms with van der Waals surface area (Å²) >= 11 is 1.61. The topological polar surface area (TPSA) is 84.9 Å². The zero-order valence-corrected chi connectivity index (χ0v) is 22.3. The number of amides is 1. The van der Waals surface area contributed by atoms with Crippen LogP contribution in [0.15, 0.2) is 82.6 Å². The minimum atomic E-state index is -4.70. The number of carbonyl (C=O) groups is 1. The first-order valence-corrected chi connectivity index (χ1v) is 13.9. The maximum Gasteiger partial charge on any atom is 0.416 e. The molecule has 1 N–H and O–H groups in total. The average molecular weight is 569 g/mol. The van der Waals surface area contributed by atoms with Crippen molar-refractivity contribution >= 4 is 33.4 Å². The summed E-state index contributed by atoms with van der Waals surface area (Å²) in [5, 5.41) is 2.65. The van der Waals surface area contributed by atoms with Crippen molar-refractivity contribution in [3.8, 4) is 11.5 Å². The second-order valence-electron chi connectivity index (χ2n) is 7.94. The Kier molecular flexibility index (Phi) is 9.92. The number of methoxy groups -OCH3 is 2. The monoisotopic (exact) mass is 568 g/mol. The van der Waals surface area contributed by atoms with E-state index in [0.29, 0.717) is 22.5 Å². The van der Waals surface area contributed by atoms with Crippen molar-refractivity contribution in [3.63, 3.8) is 0 Å². The molecule has 204 valence electrons. The molecule has 0 heterocycles. The van der Waals surface area contributed by atoms with Gasteiger partial charge in [0.25, 0.3) is 10.0 Å². The molecule has 1 amide bonds. The Morgan fingerprint density at radius 3 is 2.32 bits per heavy atom. The third-order valence-electron chi connectivity index (χ3n) is 5.35. The lowest BCUT2D eigenvalue weighted by atomic mass is 10.2. The Hall–Kier alpha value is -3.38. The molecule has 0 spiro atoms.